The summed E-state index contributed by atoms with van der Waals surface area (Å²) in [4.78, 5) is 26.8. The van der Waals surface area contributed by atoms with E-state index in [-0.39, 0.29) is 35.8 Å². The molecule has 0 aliphatic heterocycles. The highest BCUT2D eigenvalue weighted by Gasteiger charge is 2.19. The van der Waals surface area contributed by atoms with Gasteiger partial charge in [-0.15, -0.1) is 0 Å². The Kier molecular flexibility index (Phi) is 7.45. The van der Waals surface area contributed by atoms with E-state index in [1.54, 1.807) is 26.0 Å². The van der Waals surface area contributed by atoms with Crippen molar-refractivity contribution in [2.45, 2.75) is 52.6 Å². The summed E-state index contributed by atoms with van der Waals surface area (Å²) in [5.41, 5.74) is 1.02. The van der Waals surface area contributed by atoms with Gasteiger partial charge in [0.15, 0.2) is 6.10 Å². The number of hydrogen-bond donors (Lipinski definition) is 1. The van der Waals surface area contributed by atoms with E-state index in [0.29, 0.717) is 24.1 Å². The van der Waals surface area contributed by atoms with Gasteiger partial charge in [0.05, 0.1) is 0 Å². The summed E-state index contributed by atoms with van der Waals surface area (Å²) >= 11 is 0. The number of hydrogen-bond acceptors (Lipinski definition) is 6. The molecule has 2 aromatic rings. The first-order chi connectivity index (χ1) is 12.9. The highest BCUT2D eigenvalue weighted by Crippen LogP contribution is 2.22. The van der Waals surface area contributed by atoms with E-state index >= 15 is 0 Å². The van der Waals surface area contributed by atoms with Gasteiger partial charge in [-0.05, 0) is 38.3 Å². The number of ether oxygens (including phenoxy) is 1. The van der Waals surface area contributed by atoms with Crippen LogP contribution in [0.5, 0.6) is 0 Å². The SMILES string of the molecule is CC(=O)NCCCCCC(=O)OC(C)c1nc(-c2ccc(C)c(F)c2)no1. The number of carbonyl (C=O) groups is 2. The van der Waals surface area contributed by atoms with Crippen LogP contribution in [0.4, 0.5) is 4.39 Å². The Morgan fingerprint density at radius 3 is 2.78 bits per heavy atom. The largest absolute Gasteiger partial charge is 0.453 e. The summed E-state index contributed by atoms with van der Waals surface area (Å²) in [5.74, 6) is -0.370. The number of amides is 1. The molecule has 0 aliphatic carbocycles. The molecule has 1 unspecified atom stereocenters. The lowest BCUT2D eigenvalue weighted by atomic mass is 10.1. The fraction of sp³-hybridized carbons (Fsp3) is 0.474. The van der Waals surface area contributed by atoms with Gasteiger partial charge in [0, 0.05) is 25.5 Å². The quantitative estimate of drug-likeness (QED) is 0.531. The summed E-state index contributed by atoms with van der Waals surface area (Å²) in [5, 5.41) is 6.52. The molecule has 1 heterocycles. The van der Waals surface area contributed by atoms with Gasteiger partial charge >= 0.3 is 5.97 Å². The van der Waals surface area contributed by atoms with Crippen molar-refractivity contribution in [3.8, 4) is 11.4 Å². The lowest BCUT2D eigenvalue weighted by Crippen LogP contribution is -2.20. The summed E-state index contributed by atoms with van der Waals surface area (Å²) in [6, 6.07) is 4.67. The summed E-state index contributed by atoms with van der Waals surface area (Å²) in [6.45, 7) is 5.38. The molecule has 1 N–H and O–H groups in total. The third kappa shape index (κ3) is 6.47. The van der Waals surface area contributed by atoms with Crippen molar-refractivity contribution in [2.75, 3.05) is 6.54 Å². The van der Waals surface area contributed by atoms with E-state index < -0.39 is 6.10 Å². The van der Waals surface area contributed by atoms with E-state index in [4.69, 9.17) is 9.26 Å². The Bertz CT molecular complexity index is 791. The maximum atomic E-state index is 13.7. The number of carbonyl (C=O) groups excluding carboxylic acids is 2. The second kappa shape index (κ2) is 9.80. The van der Waals surface area contributed by atoms with Crippen LogP contribution in [0.1, 0.15) is 57.1 Å². The maximum absolute atomic E-state index is 13.7. The molecule has 8 heteroatoms. The zero-order chi connectivity index (χ0) is 19.8. The van der Waals surface area contributed by atoms with Gasteiger partial charge in [0.2, 0.25) is 11.7 Å². The zero-order valence-electron chi connectivity index (χ0n) is 15.8. The smallest absolute Gasteiger partial charge is 0.306 e. The van der Waals surface area contributed by atoms with Crippen LogP contribution < -0.4 is 5.32 Å². The van der Waals surface area contributed by atoms with E-state index in [1.807, 2.05) is 0 Å². The molecular formula is C19H24FN3O4. The molecule has 2 rings (SSSR count). The van der Waals surface area contributed by atoms with Gasteiger partial charge in [0.25, 0.3) is 5.89 Å². The number of unbranched alkanes of at least 4 members (excludes halogenated alkanes) is 2. The van der Waals surface area contributed by atoms with Crippen molar-refractivity contribution in [3.05, 3.63) is 35.5 Å². The van der Waals surface area contributed by atoms with Gasteiger partial charge in [-0.3, -0.25) is 9.59 Å². The average molecular weight is 377 g/mol. The van der Waals surface area contributed by atoms with Crippen LogP contribution in [0.25, 0.3) is 11.4 Å². The predicted molar refractivity (Wildman–Crippen MR) is 96.1 cm³/mol. The summed E-state index contributed by atoms with van der Waals surface area (Å²) < 4.78 is 24.1. The first kappa shape index (κ1) is 20.5. The lowest BCUT2D eigenvalue weighted by Gasteiger charge is -2.09. The van der Waals surface area contributed by atoms with Crippen LogP contribution >= 0.6 is 0 Å². The molecule has 0 spiro atoms. The van der Waals surface area contributed by atoms with E-state index in [9.17, 15) is 14.0 Å². The van der Waals surface area contributed by atoms with Gasteiger partial charge in [-0.1, -0.05) is 23.7 Å². The minimum Gasteiger partial charge on any atom is -0.453 e. The molecule has 0 saturated carbocycles. The molecule has 0 aliphatic rings. The molecule has 146 valence electrons. The Hall–Kier alpha value is -2.77. The van der Waals surface area contributed by atoms with Gasteiger partial charge in [-0.25, -0.2) is 4.39 Å². The minimum absolute atomic E-state index is 0.0597. The van der Waals surface area contributed by atoms with Crippen molar-refractivity contribution in [3.63, 3.8) is 0 Å². The number of halogens is 1. The molecule has 7 nitrogen and oxygen atoms in total. The summed E-state index contributed by atoms with van der Waals surface area (Å²) in [7, 11) is 0. The highest BCUT2D eigenvalue weighted by atomic mass is 19.1. The van der Waals surface area contributed by atoms with Crippen LogP contribution in [0.2, 0.25) is 0 Å². The fourth-order valence-electron chi connectivity index (χ4n) is 2.39. The average Bonchev–Trinajstić information content (AvgIpc) is 3.10. The third-order valence-corrected chi connectivity index (χ3v) is 3.96. The topological polar surface area (TPSA) is 94.3 Å². The maximum Gasteiger partial charge on any atom is 0.306 e. The van der Waals surface area contributed by atoms with Crippen molar-refractivity contribution in [1.29, 1.82) is 0 Å². The molecule has 0 fully saturated rings. The Morgan fingerprint density at radius 2 is 2.07 bits per heavy atom. The van der Waals surface area contributed by atoms with Crippen LogP contribution in [-0.4, -0.2) is 28.6 Å². The molecule has 0 saturated heterocycles. The number of esters is 1. The summed E-state index contributed by atoms with van der Waals surface area (Å²) in [6.07, 6.45) is 1.88. The normalized spacial score (nSPS) is 11.9. The first-order valence-electron chi connectivity index (χ1n) is 8.91. The zero-order valence-corrected chi connectivity index (χ0v) is 15.8. The molecule has 1 atom stereocenters. The van der Waals surface area contributed by atoms with Crippen molar-refractivity contribution in [1.82, 2.24) is 15.5 Å². The Morgan fingerprint density at radius 1 is 1.30 bits per heavy atom. The number of aromatic nitrogens is 2. The third-order valence-electron chi connectivity index (χ3n) is 3.96. The minimum atomic E-state index is -0.687. The van der Waals surface area contributed by atoms with Crippen LogP contribution in [0.15, 0.2) is 22.7 Å². The monoisotopic (exact) mass is 377 g/mol. The molecule has 1 amide bonds. The van der Waals surface area contributed by atoms with Gasteiger partial charge in [0.1, 0.15) is 5.82 Å². The lowest BCUT2D eigenvalue weighted by molar-refractivity contribution is -0.150. The van der Waals surface area contributed by atoms with Crippen LogP contribution in [-0.2, 0) is 14.3 Å². The Balaban J connectivity index is 1.79. The molecule has 0 bridgehead atoms. The van der Waals surface area contributed by atoms with Gasteiger partial charge < -0.3 is 14.6 Å². The molecule has 0 radical (unpaired) electrons. The number of nitrogens with zero attached hydrogens (tertiary/aromatic N) is 2. The van der Waals surface area contributed by atoms with Crippen LogP contribution in [0.3, 0.4) is 0 Å². The second-order valence-electron chi connectivity index (χ2n) is 6.35. The van der Waals surface area contributed by atoms with E-state index in [1.165, 1.54) is 13.0 Å². The molecule has 1 aromatic carbocycles. The van der Waals surface area contributed by atoms with Crippen molar-refractivity contribution in [2.24, 2.45) is 0 Å². The van der Waals surface area contributed by atoms with Crippen LogP contribution in [0, 0.1) is 12.7 Å². The van der Waals surface area contributed by atoms with E-state index in [0.717, 1.165) is 12.8 Å². The molecule has 1 aromatic heterocycles. The number of rotatable bonds is 9. The van der Waals surface area contributed by atoms with E-state index in [2.05, 4.69) is 15.5 Å². The molecular weight excluding hydrogens is 353 g/mol. The Labute approximate surface area is 157 Å². The van der Waals surface area contributed by atoms with Crippen molar-refractivity contribution >= 4 is 11.9 Å². The number of nitrogens with one attached hydrogen (secondary N) is 1. The fourth-order valence-corrected chi connectivity index (χ4v) is 2.39. The van der Waals surface area contributed by atoms with Gasteiger partial charge in [-0.2, -0.15) is 4.98 Å². The first-order valence-corrected chi connectivity index (χ1v) is 8.91. The number of benzene rings is 1. The highest BCUT2D eigenvalue weighted by molar-refractivity contribution is 5.72. The van der Waals surface area contributed by atoms with Crippen molar-refractivity contribution < 1.29 is 23.2 Å². The number of aryl methyl sites for hydroxylation is 1. The second-order valence-corrected chi connectivity index (χ2v) is 6.35. The standard InChI is InChI=1S/C19H24FN3O4/c1-12-8-9-15(11-16(12)20)18-22-19(27-23-18)13(2)26-17(25)7-5-4-6-10-21-14(3)24/h8-9,11,13H,4-7,10H2,1-3H3,(H,21,24). The predicted octanol–water partition coefficient (Wildman–Crippen LogP) is 3.48. The molecule has 27 heavy (non-hydrogen) atoms.